The molecule has 0 aromatic heterocycles. The molecule has 110 valence electrons. The second-order valence-corrected chi connectivity index (χ2v) is 4.89. The molecular weight excluding hydrogens is 294 g/mol. The summed E-state index contributed by atoms with van der Waals surface area (Å²) in [5.41, 5.74) is 6.75. The van der Waals surface area contributed by atoms with Crippen LogP contribution in [-0.2, 0) is 4.74 Å². The van der Waals surface area contributed by atoms with Gasteiger partial charge in [-0.2, -0.15) is 0 Å². The molecule has 0 aliphatic rings. The molecule has 5 nitrogen and oxygen atoms in total. The van der Waals surface area contributed by atoms with Crippen molar-refractivity contribution in [2.45, 2.75) is 6.10 Å². The topological polar surface area (TPSA) is 92.8 Å². The molecule has 6 heteroatoms. The van der Waals surface area contributed by atoms with Gasteiger partial charge in [-0.15, -0.1) is 0 Å². The highest BCUT2D eigenvalue weighted by atomic mass is 35.5. The summed E-state index contributed by atoms with van der Waals surface area (Å²) in [6.45, 7) is 0. The van der Waals surface area contributed by atoms with Crippen molar-refractivity contribution in [1.82, 2.24) is 0 Å². The maximum Gasteiger partial charge on any atom is 0.337 e. The van der Waals surface area contributed by atoms with E-state index in [0.717, 1.165) is 0 Å². The van der Waals surface area contributed by atoms with E-state index in [1.165, 1.54) is 31.4 Å². The molecule has 0 spiro atoms. The summed E-state index contributed by atoms with van der Waals surface area (Å²) in [7, 11) is 1.29. The van der Waals surface area contributed by atoms with E-state index in [4.69, 9.17) is 17.3 Å². The standard InChI is InChI=1S/C15H14ClNO4/c1-21-15(20)9-4-2-8(3-5-9)13(18)11-6-10(16)7-12(17)14(11)19/h2-7,13,18-19H,17H2,1H3. The van der Waals surface area contributed by atoms with Crippen molar-refractivity contribution < 1.29 is 19.7 Å². The molecule has 2 rings (SSSR count). The van der Waals surface area contributed by atoms with Gasteiger partial charge in [0.1, 0.15) is 11.9 Å². The lowest BCUT2D eigenvalue weighted by Gasteiger charge is -2.15. The maximum absolute atomic E-state index is 11.3. The molecule has 0 saturated heterocycles. The third-order valence-electron chi connectivity index (χ3n) is 3.08. The van der Waals surface area contributed by atoms with Gasteiger partial charge in [0, 0.05) is 10.6 Å². The van der Waals surface area contributed by atoms with E-state index in [9.17, 15) is 15.0 Å². The van der Waals surface area contributed by atoms with Crippen LogP contribution in [-0.4, -0.2) is 23.3 Å². The predicted octanol–water partition coefficient (Wildman–Crippen LogP) is 2.50. The van der Waals surface area contributed by atoms with Crippen molar-refractivity contribution in [1.29, 1.82) is 0 Å². The molecular formula is C15H14ClNO4. The van der Waals surface area contributed by atoms with Crippen molar-refractivity contribution in [2.75, 3.05) is 12.8 Å². The zero-order chi connectivity index (χ0) is 15.6. The van der Waals surface area contributed by atoms with Crippen molar-refractivity contribution >= 4 is 23.3 Å². The van der Waals surface area contributed by atoms with Crippen LogP contribution in [0.15, 0.2) is 36.4 Å². The van der Waals surface area contributed by atoms with Crippen LogP contribution < -0.4 is 5.73 Å². The normalized spacial score (nSPS) is 12.0. The van der Waals surface area contributed by atoms with Crippen molar-refractivity contribution in [3.63, 3.8) is 0 Å². The number of rotatable bonds is 3. The Balaban J connectivity index is 2.36. The van der Waals surface area contributed by atoms with Gasteiger partial charge in [0.2, 0.25) is 0 Å². The van der Waals surface area contributed by atoms with Crippen LogP contribution in [0.1, 0.15) is 27.6 Å². The zero-order valence-corrected chi connectivity index (χ0v) is 12.0. The number of hydrogen-bond donors (Lipinski definition) is 3. The smallest absolute Gasteiger partial charge is 0.337 e. The number of phenolic OH excluding ortho intramolecular Hbond substituents is 1. The number of halogens is 1. The van der Waals surface area contributed by atoms with Gasteiger partial charge in [0.25, 0.3) is 0 Å². The van der Waals surface area contributed by atoms with Crippen LogP contribution >= 0.6 is 11.6 Å². The monoisotopic (exact) mass is 307 g/mol. The fourth-order valence-electron chi connectivity index (χ4n) is 1.95. The largest absolute Gasteiger partial charge is 0.505 e. The number of aliphatic hydroxyl groups excluding tert-OH is 1. The quantitative estimate of drug-likeness (QED) is 0.460. The number of ether oxygens (including phenoxy) is 1. The Labute approximate surface area is 126 Å². The van der Waals surface area contributed by atoms with Crippen LogP contribution in [0.3, 0.4) is 0 Å². The molecule has 1 unspecified atom stereocenters. The summed E-state index contributed by atoms with van der Waals surface area (Å²) in [4.78, 5) is 11.3. The third kappa shape index (κ3) is 3.09. The Morgan fingerprint density at radius 3 is 2.48 bits per heavy atom. The summed E-state index contributed by atoms with van der Waals surface area (Å²) in [5, 5.41) is 20.5. The van der Waals surface area contributed by atoms with Gasteiger partial charge in [-0.3, -0.25) is 0 Å². The molecule has 21 heavy (non-hydrogen) atoms. The highest BCUT2D eigenvalue weighted by Gasteiger charge is 2.18. The van der Waals surface area contributed by atoms with E-state index in [1.54, 1.807) is 12.1 Å². The van der Waals surface area contributed by atoms with Crippen LogP contribution in [0.5, 0.6) is 5.75 Å². The highest BCUT2D eigenvalue weighted by Crippen LogP contribution is 2.36. The third-order valence-corrected chi connectivity index (χ3v) is 3.29. The highest BCUT2D eigenvalue weighted by molar-refractivity contribution is 6.31. The number of anilines is 1. The predicted molar refractivity (Wildman–Crippen MR) is 79.4 cm³/mol. The second-order valence-electron chi connectivity index (χ2n) is 4.45. The molecule has 2 aromatic carbocycles. The average Bonchev–Trinajstić information content (AvgIpc) is 2.49. The minimum Gasteiger partial charge on any atom is -0.505 e. The molecule has 2 aromatic rings. The van der Waals surface area contributed by atoms with Crippen LogP contribution in [0.4, 0.5) is 5.69 Å². The number of benzene rings is 2. The van der Waals surface area contributed by atoms with Crippen molar-refractivity contribution in [3.05, 3.63) is 58.1 Å². The number of carbonyl (C=O) groups is 1. The molecule has 0 saturated carbocycles. The first-order chi connectivity index (χ1) is 9.93. The summed E-state index contributed by atoms with van der Waals surface area (Å²) in [6.07, 6.45) is -1.11. The lowest BCUT2D eigenvalue weighted by molar-refractivity contribution is 0.0600. The Morgan fingerprint density at radius 1 is 1.29 bits per heavy atom. The molecule has 0 radical (unpaired) electrons. The number of nitrogens with two attached hydrogens (primary N) is 1. The fourth-order valence-corrected chi connectivity index (χ4v) is 2.18. The van der Waals surface area contributed by atoms with Crippen molar-refractivity contribution in [2.24, 2.45) is 0 Å². The molecule has 0 heterocycles. The van der Waals surface area contributed by atoms with Crippen molar-refractivity contribution in [3.8, 4) is 5.75 Å². The lowest BCUT2D eigenvalue weighted by Crippen LogP contribution is -2.04. The van der Waals surface area contributed by atoms with Crippen LogP contribution in [0.2, 0.25) is 5.02 Å². The summed E-state index contributed by atoms with van der Waals surface area (Å²) in [5.74, 6) is -0.685. The number of aliphatic hydroxyl groups is 1. The van der Waals surface area contributed by atoms with Gasteiger partial charge in [-0.05, 0) is 29.8 Å². The Hall–Kier alpha value is -2.24. The lowest BCUT2D eigenvalue weighted by atomic mass is 9.99. The molecule has 0 amide bonds. The maximum atomic E-state index is 11.3. The van der Waals surface area contributed by atoms with E-state index in [-0.39, 0.29) is 17.0 Å². The number of esters is 1. The van der Waals surface area contributed by atoms with Gasteiger partial charge in [0.15, 0.2) is 0 Å². The Bertz CT molecular complexity index is 670. The summed E-state index contributed by atoms with van der Waals surface area (Å²) >= 11 is 5.88. The van der Waals surface area contributed by atoms with E-state index >= 15 is 0 Å². The summed E-state index contributed by atoms with van der Waals surface area (Å²) < 4.78 is 4.60. The molecule has 4 N–H and O–H groups in total. The average molecular weight is 308 g/mol. The van der Waals surface area contributed by atoms with Gasteiger partial charge < -0.3 is 20.7 Å². The van der Waals surface area contributed by atoms with E-state index in [2.05, 4.69) is 4.74 Å². The van der Waals surface area contributed by atoms with E-state index in [0.29, 0.717) is 16.1 Å². The molecule has 0 aliphatic heterocycles. The molecule has 0 bridgehead atoms. The summed E-state index contributed by atoms with van der Waals surface area (Å²) in [6, 6.07) is 9.01. The minimum atomic E-state index is -1.11. The zero-order valence-electron chi connectivity index (χ0n) is 11.2. The first kappa shape index (κ1) is 15.2. The SMILES string of the molecule is COC(=O)c1ccc(C(O)c2cc(Cl)cc(N)c2O)cc1. The molecule has 0 aliphatic carbocycles. The molecule has 0 fully saturated rings. The number of phenols is 1. The number of carbonyl (C=O) groups excluding carboxylic acids is 1. The van der Waals surface area contributed by atoms with E-state index in [1.807, 2.05) is 0 Å². The van der Waals surface area contributed by atoms with Crippen LogP contribution in [0.25, 0.3) is 0 Å². The van der Waals surface area contributed by atoms with Gasteiger partial charge in [-0.25, -0.2) is 4.79 Å². The number of methoxy groups -OCH3 is 1. The van der Waals surface area contributed by atoms with Gasteiger partial charge in [0.05, 0.1) is 18.4 Å². The Morgan fingerprint density at radius 2 is 1.90 bits per heavy atom. The first-order valence-corrected chi connectivity index (χ1v) is 6.46. The first-order valence-electron chi connectivity index (χ1n) is 6.08. The molecule has 1 atom stereocenters. The fraction of sp³-hybridized carbons (Fsp3) is 0.133. The number of nitrogen functional groups attached to an aromatic ring is 1. The number of aromatic hydroxyl groups is 1. The number of hydrogen-bond acceptors (Lipinski definition) is 5. The second kappa shape index (κ2) is 6.03. The van der Waals surface area contributed by atoms with E-state index < -0.39 is 12.1 Å². The minimum absolute atomic E-state index is 0.0859. The van der Waals surface area contributed by atoms with Gasteiger partial charge >= 0.3 is 5.97 Å². The Kier molecular flexibility index (Phi) is 4.35. The van der Waals surface area contributed by atoms with Crippen LogP contribution in [0, 0.1) is 0 Å². The van der Waals surface area contributed by atoms with Gasteiger partial charge in [-0.1, -0.05) is 23.7 Å².